The number of fused-ring (bicyclic) bond motifs is 3. The number of carbonyl (C=O) groups is 1. The molecule has 0 saturated carbocycles. The second-order valence-corrected chi connectivity index (χ2v) is 4.45. The highest BCUT2D eigenvalue weighted by atomic mass is 16.6. The van der Waals surface area contributed by atoms with Crippen molar-refractivity contribution in [1.82, 2.24) is 0 Å². The third-order valence-corrected chi connectivity index (χ3v) is 3.13. The van der Waals surface area contributed by atoms with Crippen LogP contribution in [0.1, 0.15) is 5.56 Å². The van der Waals surface area contributed by atoms with Crippen molar-refractivity contribution in [3.8, 4) is 5.75 Å². The summed E-state index contributed by atoms with van der Waals surface area (Å²) < 4.78 is 15.8. The minimum Gasteiger partial charge on any atom is -0.489 e. The Morgan fingerprint density at radius 1 is 1.25 bits per heavy atom. The van der Waals surface area contributed by atoms with E-state index in [9.17, 15) is 4.79 Å². The van der Waals surface area contributed by atoms with Crippen LogP contribution >= 0.6 is 0 Å². The summed E-state index contributed by atoms with van der Waals surface area (Å²) in [6.07, 6.45) is 1.77. The topological polar surface area (TPSA) is 44.8 Å². The molecule has 0 saturated heterocycles. The van der Waals surface area contributed by atoms with Crippen LogP contribution in [-0.4, -0.2) is 26.3 Å². The molecule has 0 aliphatic carbocycles. The van der Waals surface area contributed by atoms with Crippen LogP contribution in [0.2, 0.25) is 0 Å². The molecule has 2 aromatic rings. The fraction of sp³-hybridized carbons (Fsp3) is 0.188. The lowest BCUT2D eigenvalue weighted by atomic mass is 10.0. The van der Waals surface area contributed by atoms with Crippen LogP contribution in [-0.2, 0) is 14.3 Å². The molecule has 1 heterocycles. The highest BCUT2D eigenvalue weighted by Crippen LogP contribution is 2.36. The molecule has 0 spiro atoms. The smallest absolute Gasteiger partial charge is 0.337 e. The van der Waals surface area contributed by atoms with Crippen molar-refractivity contribution in [1.29, 1.82) is 0 Å². The summed E-state index contributed by atoms with van der Waals surface area (Å²) in [5.41, 5.74) is 0.818. The van der Waals surface area contributed by atoms with E-state index in [1.165, 1.54) is 7.11 Å². The van der Waals surface area contributed by atoms with Crippen LogP contribution in [0.25, 0.3) is 16.5 Å². The van der Waals surface area contributed by atoms with Crippen molar-refractivity contribution < 1.29 is 19.0 Å². The van der Waals surface area contributed by atoms with Gasteiger partial charge in [0.1, 0.15) is 24.7 Å². The summed E-state index contributed by atoms with van der Waals surface area (Å²) in [7, 11) is 1.46. The number of hydrogen-bond acceptors (Lipinski definition) is 4. The average molecular weight is 270 g/mol. The van der Waals surface area contributed by atoms with Gasteiger partial charge in [-0.1, -0.05) is 30.3 Å². The molecule has 0 amide bonds. The van der Waals surface area contributed by atoms with Gasteiger partial charge in [-0.3, -0.25) is 0 Å². The summed E-state index contributed by atoms with van der Waals surface area (Å²) in [5.74, 6) is 0.844. The van der Waals surface area contributed by atoms with Gasteiger partial charge in [0.15, 0.2) is 0 Å². The van der Waals surface area contributed by atoms with Crippen LogP contribution in [0, 0.1) is 0 Å². The summed E-state index contributed by atoms with van der Waals surface area (Å²) in [5, 5.41) is 2.08. The Hall–Kier alpha value is -2.33. The fourth-order valence-electron chi connectivity index (χ4n) is 2.30. The number of benzene rings is 2. The highest BCUT2D eigenvalue weighted by molar-refractivity contribution is 5.97. The van der Waals surface area contributed by atoms with E-state index in [1.54, 1.807) is 6.08 Å². The van der Waals surface area contributed by atoms with Gasteiger partial charge in [0.05, 0.1) is 5.56 Å². The third kappa shape index (κ3) is 2.26. The van der Waals surface area contributed by atoms with Gasteiger partial charge in [0.2, 0.25) is 0 Å². The Morgan fingerprint density at radius 2 is 2.10 bits per heavy atom. The molecule has 1 aliphatic heterocycles. The Bertz CT molecular complexity index is 688. The highest BCUT2D eigenvalue weighted by Gasteiger charge is 2.20. The second kappa shape index (κ2) is 5.35. The van der Waals surface area contributed by atoms with Gasteiger partial charge >= 0.3 is 5.97 Å². The van der Waals surface area contributed by atoms with Gasteiger partial charge in [0, 0.05) is 7.11 Å². The first-order valence-electron chi connectivity index (χ1n) is 6.34. The molecule has 0 unspecified atom stereocenters. The number of esters is 1. The number of methoxy groups -OCH3 is 1. The molecule has 2 aromatic carbocycles. The zero-order chi connectivity index (χ0) is 13.9. The van der Waals surface area contributed by atoms with Crippen molar-refractivity contribution in [3.05, 3.63) is 48.0 Å². The number of hydrogen-bond donors (Lipinski definition) is 0. The summed E-state index contributed by atoms with van der Waals surface area (Å²) in [6, 6.07) is 11.8. The zero-order valence-electron chi connectivity index (χ0n) is 11.1. The standard InChI is InChI=1S/C16H14O4/c1-18-10-15(17)20-14-8-9-19-13-7-6-11-4-2-3-5-12(11)16(13)14/h2-8H,9-10H2,1H3. The van der Waals surface area contributed by atoms with Gasteiger partial charge in [-0.2, -0.15) is 0 Å². The third-order valence-electron chi connectivity index (χ3n) is 3.13. The molecule has 0 radical (unpaired) electrons. The lowest BCUT2D eigenvalue weighted by Crippen LogP contribution is -2.14. The lowest BCUT2D eigenvalue weighted by molar-refractivity contribution is -0.140. The summed E-state index contributed by atoms with van der Waals surface area (Å²) >= 11 is 0. The molecule has 4 heteroatoms. The van der Waals surface area contributed by atoms with E-state index in [0.717, 1.165) is 22.1 Å². The predicted octanol–water partition coefficient (Wildman–Crippen LogP) is 2.76. The minimum atomic E-state index is -0.417. The van der Waals surface area contributed by atoms with Crippen molar-refractivity contribution >= 4 is 22.5 Å². The van der Waals surface area contributed by atoms with E-state index >= 15 is 0 Å². The van der Waals surface area contributed by atoms with Gasteiger partial charge in [-0.15, -0.1) is 0 Å². The molecule has 0 N–H and O–H groups in total. The summed E-state index contributed by atoms with van der Waals surface area (Å²) in [4.78, 5) is 11.6. The number of ether oxygens (including phenoxy) is 3. The quantitative estimate of drug-likeness (QED) is 0.804. The van der Waals surface area contributed by atoms with Crippen molar-refractivity contribution in [2.45, 2.75) is 0 Å². The monoisotopic (exact) mass is 270 g/mol. The SMILES string of the molecule is COCC(=O)OC1=CCOc2ccc3ccccc3c21. The van der Waals surface area contributed by atoms with Crippen LogP contribution in [0.4, 0.5) is 0 Å². The van der Waals surface area contributed by atoms with Crippen molar-refractivity contribution in [2.24, 2.45) is 0 Å². The van der Waals surface area contributed by atoms with Gasteiger partial charge in [-0.25, -0.2) is 4.79 Å². The minimum absolute atomic E-state index is 0.0711. The molecule has 0 fully saturated rings. The van der Waals surface area contributed by atoms with E-state index in [1.807, 2.05) is 36.4 Å². The Kier molecular flexibility index (Phi) is 3.39. The normalized spacial score (nSPS) is 13.3. The van der Waals surface area contributed by atoms with E-state index in [4.69, 9.17) is 14.2 Å². The van der Waals surface area contributed by atoms with Crippen LogP contribution in [0.15, 0.2) is 42.5 Å². The maximum absolute atomic E-state index is 11.6. The van der Waals surface area contributed by atoms with Crippen molar-refractivity contribution in [2.75, 3.05) is 20.3 Å². The molecular formula is C16H14O4. The maximum Gasteiger partial charge on any atom is 0.337 e. The molecule has 0 aromatic heterocycles. The largest absolute Gasteiger partial charge is 0.489 e. The van der Waals surface area contributed by atoms with Gasteiger partial charge < -0.3 is 14.2 Å². The van der Waals surface area contributed by atoms with Gasteiger partial charge in [-0.05, 0) is 22.9 Å². The van der Waals surface area contributed by atoms with Crippen molar-refractivity contribution in [3.63, 3.8) is 0 Å². The Labute approximate surface area is 116 Å². The maximum atomic E-state index is 11.6. The fourth-order valence-corrected chi connectivity index (χ4v) is 2.30. The van der Waals surface area contributed by atoms with Crippen LogP contribution in [0.5, 0.6) is 5.75 Å². The molecule has 4 nitrogen and oxygen atoms in total. The number of rotatable bonds is 3. The van der Waals surface area contributed by atoms with Crippen LogP contribution in [0.3, 0.4) is 0 Å². The molecule has 102 valence electrons. The molecule has 3 rings (SSSR count). The number of carbonyl (C=O) groups excluding carboxylic acids is 1. The first kappa shape index (κ1) is 12.7. The van der Waals surface area contributed by atoms with E-state index in [-0.39, 0.29) is 6.61 Å². The zero-order valence-corrected chi connectivity index (χ0v) is 11.1. The van der Waals surface area contributed by atoms with Gasteiger partial charge in [0.25, 0.3) is 0 Å². The van der Waals surface area contributed by atoms with E-state index in [0.29, 0.717) is 12.4 Å². The predicted molar refractivity (Wildman–Crippen MR) is 75.4 cm³/mol. The summed E-state index contributed by atoms with van der Waals surface area (Å²) in [6.45, 7) is 0.319. The molecule has 1 aliphatic rings. The first-order valence-corrected chi connectivity index (χ1v) is 6.34. The Balaban J connectivity index is 2.06. The molecule has 0 atom stereocenters. The lowest BCUT2D eigenvalue weighted by Gasteiger charge is -2.20. The molecular weight excluding hydrogens is 256 g/mol. The van der Waals surface area contributed by atoms with E-state index in [2.05, 4.69) is 0 Å². The van der Waals surface area contributed by atoms with E-state index < -0.39 is 5.97 Å². The average Bonchev–Trinajstić information content (AvgIpc) is 2.47. The Morgan fingerprint density at radius 3 is 2.95 bits per heavy atom. The molecule has 20 heavy (non-hydrogen) atoms. The second-order valence-electron chi connectivity index (χ2n) is 4.45. The van der Waals surface area contributed by atoms with Crippen LogP contribution < -0.4 is 4.74 Å². The molecule has 0 bridgehead atoms. The first-order chi connectivity index (χ1) is 9.79.